The van der Waals surface area contributed by atoms with Crippen molar-refractivity contribution in [1.29, 1.82) is 0 Å². The molecule has 1 aromatic carbocycles. The molecule has 1 aliphatic heterocycles. The average molecular weight is 478 g/mol. The number of aryl methyl sites for hydroxylation is 2. The lowest BCUT2D eigenvalue weighted by Gasteiger charge is -2.17. The van der Waals surface area contributed by atoms with Crippen LogP contribution in [-0.2, 0) is 18.3 Å². The Morgan fingerprint density at radius 1 is 1.17 bits per heavy atom. The van der Waals surface area contributed by atoms with E-state index < -0.39 is 0 Å². The Balaban J connectivity index is 1.50. The third-order valence-electron chi connectivity index (χ3n) is 6.18. The number of aromatic nitrogens is 4. The number of hydrogen-bond acceptors (Lipinski definition) is 7. The second-order valence-electron chi connectivity index (χ2n) is 8.93. The molecule has 4 rings (SSSR count). The number of likely N-dealkylation sites (tertiary alicyclic amines) is 1. The number of anilines is 3. The monoisotopic (exact) mass is 477 g/mol. The van der Waals surface area contributed by atoms with Crippen molar-refractivity contribution >= 4 is 23.1 Å². The number of ether oxygens (including phenoxy) is 1. The lowest BCUT2D eigenvalue weighted by molar-refractivity contribution is -0.116. The van der Waals surface area contributed by atoms with E-state index in [4.69, 9.17) is 4.74 Å². The first kappa shape index (κ1) is 24.7. The molecule has 0 bridgehead atoms. The van der Waals surface area contributed by atoms with Gasteiger partial charge in [-0.2, -0.15) is 5.10 Å². The Labute approximate surface area is 206 Å². The van der Waals surface area contributed by atoms with Crippen LogP contribution in [-0.4, -0.2) is 57.3 Å². The van der Waals surface area contributed by atoms with Gasteiger partial charge in [0.2, 0.25) is 5.91 Å². The van der Waals surface area contributed by atoms with E-state index in [0.717, 1.165) is 61.4 Å². The third kappa shape index (κ3) is 6.36. The minimum absolute atomic E-state index is 0.00769. The van der Waals surface area contributed by atoms with Gasteiger partial charge in [0.15, 0.2) is 11.6 Å². The van der Waals surface area contributed by atoms with E-state index in [9.17, 15) is 4.79 Å². The highest BCUT2D eigenvalue weighted by Crippen LogP contribution is 2.37. The summed E-state index contributed by atoms with van der Waals surface area (Å²) < 4.78 is 7.42. The van der Waals surface area contributed by atoms with Crippen molar-refractivity contribution in [2.75, 3.05) is 37.4 Å². The summed E-state index contributed by atoms with van der Waals surface area (Å²) in [6.45, 7) is 5.41. The molecule has 1 aliphatic rings. The first-order chi connectivity index (χ1) is 17.1. The minimum atomic E-state index is -0.00769. The lowest BCUT2D eigenvalue weighted by Crippen LogP contribution is -2.22. The standard InChI is InChI=1S/C26H35N7O2/c1-4-9-19-17-27-23(30-24(34)12-8-15-33-13-5-6-14-33)16-22(19)29-21-11-7-10-20(25(21)35-3)26-28-18-32(2)31-26/h7,10-11,16-18H,4-6,8-9,12-15H2,1-3H3,(H2,27,29,30,34). The van der Waals surface area contributed by atoms with Crippen LogP contribution >= 0.6 is 0 Å². The molecule has 0 spiro atoms. The SMILES string of the molecule is CCCc1cnc(NC(=O)CCCN2CCCC2)cc1Nc1cccc(-c2ncn(C)n2)c1OC. The van der Waals surface area contributed by atoms with Gasteiger partial charge < -0.3 is 20.3 Å². The number of pyridine rings is 1. The maximum atomic E-state index is 12.5. The Bertz CT molecular complexity index is 1140. The first-order valence-corrected chi connectivity index (χ1v) is 12.4. The summed E-state index contributed by atoms with van der Waals surface area (Å²) in [6.07, 6.45) is 9.22. The van der Waals surface area contributed by atoms with Gasteiger partial charge in [0.25, 0.3) is 0 Å². The first-order valence-electron chi connectivity index (χ1n) is 12.4. The van der Waals surface area contributed by atoms with Gasteiger partial charge in [-0.05, 0) is 63.0 Å². The van der Waals surface area contributed by atoms with Gasteiger partial charge in [0.1, 0.15) is 12.1 Å². The molecule has 2 N–H and O–H groups in total. The molecule has 1 fully saturated rings. The fraction of sp³-hybridized carbons (Fsp3) is 0.462. The maximum absolute atomic E-state index is 12.5. The summed E-state index contributed by atoms with van der Waals surface area (Å²) in [4.78, 5) is 23.8. The molecular formula is C26H35N7O2. The second kappa shape index (κ2) is 11.8. The number of para-hydroxylation sites is 1. The van der Waals surface area contributed by atoms with Gasteiger partial charge in [-0.3, -0.25) is 9.48 Å². The van der Waals surface area contributed by atoms with Gasteiger partial charge in [-0.1, -0.05) is 19.4 Å². The van der Waals surface area contributed by atoms with Crippen LogP contribution in [0.2, 0.25) is 0 Å². The summed E-state index contributed by atoms with van der Waals surface area (Å²) in [5.41, 5.74) is 3.56. The molecule has 35 heavy (non-hydrogen) atoms. The Kier molecular flexibility index (Phi) is 8.31. The minimum Gasteiger partial charge on any atom is -0.494 e. The zero-order valence-corrected chi connectivity index (χ0v) is 20.9. The van der Waals surface area contributed by atoms with Crippen LogP contribution < -0.4 is 15.4 Å². The van der Waals surface area contributed by atoms with E-state index in [1.165, 1.54) is 12.8 Å². The molecule has 0 saturated carbocycles. The number of benzene rings is 1. The number of nitrogens with one attached hydrogen (secondary N) is 2. The lowest BCUT2D eigenvalue weighted by atomic mass is 10.1. The predicted octanol–water partition coefficient (Wildman–Crippen LogP) is 4.40. The number of amides is 1. The molecule has 3 aromatic rings. The number of rotatable bonds is 11. The van der Waals surface area contributed by atoms with Crippen molar-refractivity contribution < 1.29 is 9.53 Å². The van der Waals surface area contributed by atoms with Crippen molar-refractivity contribution in [2.24, 2.45) is 7.05 Å². The number of nitrogens with zero attached hydrogens (tertiary/aromatic N) is 5. The molecule has 0 atom stereocenters. The molecule has 0 unspecified atom stereocenters. The van der Waals surface area contributed by atoms with Crippen molar-refractivity contribution in [3.63, 3.8) is 0 Å². The topological polar surface area (TPSA) is 97.2 Å². The van der Waals surface area contributed by atoms with Gasteiger partial charge >= 0.3 is 0 Å². The number of carbonyl (C=O) groups is 1. The average Bonchev–Trinajstić information content (AvgIpc) is 3.52. The van der Waals surface area contributed by atoms with Gasteiger partial charge in [0.05, 0.1) is 18.4 Å². The van der Waals surface area contributed by atoms with Crippen molar-refractivity contribution in [3.8, 4) is 17.1 Å². The summed E-state index contributed by atoms with van der Waals surface area (Å²) in [5, 5.41) is 10.9. The number of methoxy groups -OCH3 is 1. The van der Waals surface area contributed by atoms with Crippen LogP contribution in [0.3, 0.4) is 0 Å². The highest BCUT2D eigenvalue weighted by atomic mass is 16.5. The van der Waals surface area contributed by atoms with Crippen LogP contribution in [0.1, 0.15) is 44.6 Å². The molecule has 186 valence electrons. The summed E-state index contributed by atoms with van der Waals surface area (Å²) in [6, 6.07) is 7.74. The summed E-state index contributed by atoms with van der Waals surface area (Å²) in [5.74, 6) is 1.79. The fourth-order valence-corrected chi connectivity index (χ4v) is 4.45. The van der Waals surface area contributed by atoms with E-state index in [1.807, 2.05) is 37.5 Å². The molecule has 1 saturated heterocycles. The van der Waals surface area contributed by atoms with Gasteiger partial charge in [-0.15, -0.1) is 0 Å². The van der Waals surface area contributed by atoms with Crippen LogP contribution in [0.25, 0.3) is 11.4 Å². The largest absolute Gasteiger partial charge is 0.494 e. The molecule has 9 heteroatoms. The quantitative estimate of drug-likeness (QED) is 0.423. The van der Waals surface area contributed by atoms with Crippen LogP contribution in [0.15, 0.2) is 36.8 Å². The number of carbonyl (C=O) groups excluding carboxylic acids is 1. The maximum Gasteiger partial charge on any atom is 0.225 e. The normalized spacial score (nSPS) is 13.7. The van der Waals surface area contributed by atoms with Crippen LogP contribution in [0.4, 0.5) is 17.2 Å². The number of hydrogen-bond donors (Lipinski definition) is 2. The van der Waals surface area contributed by atoms with E-state index in [0.29, 0.717) is 23.8 Å². The van der Waals surface area contributed by atoms with Gasteiger partial charge in [-0.25, -0.2) is 9.97 Å². The second-order valence-corrected chi connectivity index (χ2v) is 8.93. The third-order valence-corrected chi connectivity index (χ3v) is 6.18. The Morgan fingerprint density at radius 2 is 2.00 bits per heavy atom. The Morgan fingerprint density at radius 3 is 2.71 bits per heavy atom. The van der Waals surface area contributed by atoms with Crippen molar-refractivity contribution in [3.05, 3.63) is 42.4 Å². The van der Waals surface area contributed by atoms with E-state index >= 15 is 0 Å². The molecule has 9 nitrogen and oxygen atoms in total. The molecular weight excluding hydrogens is 442 g/mol. The highest BCUT2D eigenvalue weighted by Gasteiger charge is 2.16. The molecule has 1 amide bonds. The smallest absolute Gasteiger partial charge is 0.225 e. The van der Waals surface area contributed by atoms with E-state index in [1.54, 1.807) is 18.1 Å². The van der Waals surface area contributed by atoms with Crippen LogP contribution in [0, 0.1) is 0 Å². The molecule has 3 heterocycles. The highest BCUT2D eigenvalue weighted by molar-refractivity contribution is 5.90. The summed E-state index contributed by atoms with van der Waals surface area (Å²) >= 11 is 0. The van der Waals surface area contributed by atoms with Crippen molar-refractivity contribution in [1.82, 2.24) is 24.6 Å². The fourth-order valence-electron chi connectivity index (χ4n) is 4.45. The van der Waals surface area contributed by atoms with E-state index in [-0.39, 0.29) is 5.91 Å². The Hall–Kier alpha value is -3.46. The zero-order chi connectivity index (χ0) is 24.6. The zero-order valence-electron chi connectivity index (χ0n) is 20.9. The van der Waals surface area contributed by atoms with Crippen molar-refractivity contribution in [2.45, 2.75) is 45.4 Å². The van der Waals surface area contributed by atoms with E-state index in [2.05, 4.69) is 37.5 Å². The van der Waals surface area contributed by atoms with Crippen LogP contribution in [0.5, 0.6) is 5.75 Å². The predicted molar refractivity (Wildman–Crippen MR) is 138 cm³/mol. The molecule has 0 aliphatic carbocycles. The van der Waals surface area contributed by atoms with Gasteiger partial charge in [0, 0.05) is 31.4 Å². The summed E-state index contributed by atoms with van der Waals surface area (Å²) in [7, 11) is 3.47. The molecule has 0 radical (unpaired) electrons. The molecule has 2 aromatic heterocycles.